The number of halogens is 5. The van der Waals surface area contributed by atoms with Crippen molar-refractivity contribution in [2.75, 3.05) is 6.61 Å². The van der Waals surface area contributed by atoms with Crippen LogP contribution in [-0.2, 0) is 17.3 Å². The fourth-order valence-electron chi connectivity index (χ4n) is 3.76. The van der Waals surface area contributed by atoms with Crippen LogP contribution in [0.1, 0.15) is 35.5 Å². The first-order valence-corrected chi connectivity index (χ1v) is 10.5. The van der Waals surface area contributed by atoms with E-state index >= 15 is 0 Å². The number of aromatic amines is 1. The number of carbonyl (C=O) groups excluding carboxylic acids is 1. The Morgan fingerprint density at radius 3 is 2.34 bits per heavy atom. The molecule has 0 aliphatic carbocycles. The van der Waals surface area contributed by atoms with Crippen LogP contribution in [0.15, 0.2) is 47.3 Å². The summed E-state index contributed by atoms with van der Waals surface area (Å²) in [6.07, 6.45) is -4.30. The van der Waals surface area contributed by atoms with Crippen molar-refractivity contribution in [3.63, 3.8) is 0 Å². The molecule has 0 unspecified atom stereocenters. The first kappa shape index (κ1) is 24.1. The standard InChI is InChI=1S/C24H18F5N3O3/c1-3-17-18(15-10-9-14(25)11-16(15)26)21-30-20(12-5-7-13(8-6-12)24(27,28)29)19(23(34)35-4-2)22(33)32(21)31-17/h5-11,31H,3-4H2,1-2H3. The van der Waals surface area contributed by atoms with Crippen molar-refractivity contribution in [1.82, 2.24) is 14.6 Å². The summed E-state index contributed by atoms with van der Waals surface area (Å²) in [6.45, 7) is 3.19. The maximum atomic E-state index is 14.7. The van der Waals surface area contributed by atoms with Crippen LogP contribution in [-0.4, -0.2) is 27.2 Å². The maximum absolute atomic E-state index is 14.7. The van der Waals surface area contributed by atoms with Crippen LogP contribution in [0, 0.1) is 11.6 Å². The molecule has 2 aromatic heterocycles. The van der Waals surface area contributed by atoms with Gasteiger partial charge in [-0.25, -0.2) is 23.1 Å². The molecule has 0 aliphatic rings. The third-order valence-electron chi connectivity index (χ3n) is 5.37. The van der Waals surface area contributed by atoms with Crippen LogP contribution in [0.4, 0.5) is 22.0 Å². The first-order valence-electron chi connectivity index (χ1n) is 10.5. The molecule has 0 atom stereocenters. The number of hydrogen-bond donors (Lipinski definition) is 1. The summed E-state index contributed by atoms with van der Waals surface area (Å²) < 4.78 is 73.3. The second-order valence-electron chi connectivity index (χ2n) is 7.54. The molecule has 4 aromatic rings. The summed E-state index contributed by atoms with van der Waals surface area (Å²) in [5.74, 6) is -2.72. The van der Waals surface area contributed by atoms with Crippen LogP contribution in [0.2, 0.25) is 0 Å². The Kier molecular flexibility index (Phi) is 6.18. The van der Waals surface area contributed by atoms with E-state index in [1.165, 1.54) is 13.0 Å². The highest BCUT2D eigenvalue weighted by Gasteiger charge is 2.31. The topological polar surface area (TPSA) is 76.5 Å². The first-order chi connectivity index (χ1) is 16.6. The monoisotopic (exact) mass is 491 g/mol. The SMILES string of the molecule is CCOC(=O)c1c(-c2ccc(C(F)(F)F)cc2)nc2c(-c3ccc(F)cc3F)c(CC)[nH]n2c1=O. The molecule has 6 nitrogen and oxygen atoms in total. The lowest BCUT2D eigenvalue weighted by Crippen LogP contribution is -2.26. The third-order valence-corrected chi connectivity index (χ3v) is 5.37. The average Bonchev–Trinajstić information content (AvgIpc) is 3.17. The third kappa shape index (κ3) is 4.29. The Bertz CT molecular complexity index is 1490. The molecule has 0 saturated carbocycles. The number of H-pyrrole nitrogens is 1. The van der Waals surface area contributed by atoms with Crippen molar-refractivity contribution in [1.29, 1.82) is 0 Å². The predicted octanol–water partition coefficient (Wildman–Crippen LogP) is 5.39. The van der Waals surface area contributed by atoms with Gasteiger partial charge in [0.1, 0.15) is 11.6 Å². The van der Waals surface area contributed by atoms with Crippen molar-refractivity contribution in [3.8, 4) is 22.4 Å². The smallest absolute Gasteiger partial charge is 0.416 e. The Hall–Kier alpha value is -4.02. The number of nitrogens with zero attached hydrogens (tertiary/aromatic N) is 2. The lowest BCUT2D eigenvalue weighted by molar-refractivity contribution is -0.137. The highest BCUT2D eigenvalue weighted by Crippen LogP contribution is 2.34. The second kappa shape index (κ2) is 8.97. The van der Waals surface area contributed by atoms with Gasteiger partial charge in [0.15, 0.2) is 11.2 Å². The molecule has 0 saturated heterocycles. The summed E-state index contributed by atoms with van der Waals surface area (Å²) in [4.78, 5) is 30.5. The molecule has 0 aliphatic heterocycles. The molecule has 11 heteroatoms. The van der Waals surface area contributed by atoms with Gasteiger partial charge >= 0.3 is 12.1 Å². The highest BCUT2D eigenvalue weighted by molar-refractivity contribution is 5.97. The second-order valence-corrected chi connectivity index (χ2v) is 7.54. The van der Waals surface area contributed by atoms with E-state index in [1.807, 2.05) is 0 Å². The Balaban J connectivity index is 2.07. The van der Waals surface area contributed by atoms with Crippen molar-refractivity contribution < 1.29 is 31.5 Å². The van der Waals surface area contributed by atoms with Gasteiger partial charge in [-0.2, -0.15) is 13.2 Å². The number of hydrogen-bond acceptors (Lipinski definition) is 4. The van der Waals surface area contributed by atoms with E-state index in [4.69, 9.17) is 4.74 Å². The summed E-state index contributed by atoms with van der Waals surface area (Å²) >= 11 is 0. The van der Waals surface area contributed by atoms with Gasteiger partial charge in [-0.15, -0.1) is 0 Å². The molecule has 1 N–H and O–H groups in total. The van der Waals surface area contributed by atoms with Crippen LogP contribution in [0.3, 0.4) is 0 Å². The van der Waals surface area contributed by atoms with Crippen molar-refractivity contribution in [2.45, 2.75) is 26.4 Å². The summed E-state index contributed by atoms with van der Waals surface area (Å²) in [5.41, 5.74) is -2.09. The molecule has 2 heterocycles. The van der Waals surface area contributed by atoms with E-state index < -0.39 is 40.5 Å². The highest BCUT2D eigenvalue weighted by atomic mass is 19.4. The zero-order valence-electron chi connectivity index (χ0n) is 18.5. The van der Waals surface area contributed by atoms with Crippen molar-refractivity contribution in [3.05, 3.63) is 81.3 Å². The van der Waals surface area contributed by atoms with Crippen LogP contribution >= 0.6 is 0 Å². The van der Waals surface area contributed by atoms with Crippen LogP contribution < -0.4 is 5.56 Å². The molecular weight excluding hydrogens is 473 g/mol. The van der Waals surface area contributed by atoms with Gasteiger partial charge in [0.2, 0.25) is 0 Å². The number of aryl methyl sites for hydroxylation is 1. The molecule has 2 aromatic carbocycles. The fraction of sp³-hybridized carbons (Fsp3) is 0.208. The van der Waals surface area contributed by atoms with E-state index in [2.05, 4.69) is 10.1 Å². The van der Waals surface area contributed by atoms with Gasteiger partial charge in [-0.1, -0.05) is 19.1 Å². The molecular formula is C24H18F5N3O3. The minimum Gasteiger partial charge on any atom is -0.462 e. The molecule has 0 radical (unpaired) electrons. The lowest BCUT2D eigenvalue weighted by Gasteiger charge is -2.11. The zero-order chi connectivity index (χ0) is 25.5. The average molecular weight is 491 g/mol. The fourth-order valence-corrected chi connectivity index (χ4v) is 3.76. The molecule has 182 valence electrons. The lowest BCUT2D eigenvalue weighted by atomic mass is 10.0. The maximum Gasteiger partial charge on any atom is 0.416 e. The minimum atomic E-state index is -4.59. The number of ether oxygens (including phenoxy) is 1. The number of aromatic nitrogens is 3. The number of benzene rings is 2. The molecule has 0 spiro atoms. The van der Waals surface area contributed by atoms with Gasteiger partial charge in [0.25, 0.3) is 5.56 Å². The number of fused-ring (bicyclic) bond motifs is 1. The van der Waals surface area contributed by atoms with Gasteiger partial charge < -0.3 is 4.74 Å². The van der Waals surface area contributed by atoms with Gasteiger partial charge in [-0.05, 0) is 37.6 Å². The molecule has 0 bridgehead atoms. The summed E-state index contributed by atoms with van der Waals surface area (Å²) in [7, 11) is 0. The molecule has 4 rings (SSSR count). The molecule has 35 heavy (non-hydrogen) atoms. The normalized spacial score (nSPS) is 11.7. The molecule has 0 amide bonds. The van der Waals surface area contributed by atoms with Gasteiger partial charge in [-0.3, -0.25) is 9.89 Å². The summed E-state index contributed by atoms with van der Waals surface area (Å²) in [5, 5.41) is 2.79. The predicted molar refractivity (Wildman–Crippen MR) is 117 cm³/mol. The number of rotatable bonds is 5. The van der Waals surface area contributed by atoms with E-state index in [1.54, 1.807) is 6.92 Å². The number of alkyl halides is 3. The quantitative estimate of drug-likeness (QED) is 0.300. The zero-order valence-corrected chi connectivity index (χ0v) is 18.5. The largest absolute Gasteiger partial charge is 0.462 e. The minimum absolute atomic E-state index is 0.0452. The van der Waals surface area contributed by atoms with Crippen LogP contribution in [0.5, 0.6) is 0 Å². The van der Waals surface area contributed by atoms with Crippen molar-refractivity contribution in [2.24, 2.45) is 0 Å². The number of nitrogens with one attached hydrogen (secondary N) is 1. The van der Waals surface area contributed by atoms with E-state index in [9.17, 15) is 31.5 Å². The summed E-state index contributed by atoms with van der Waals surface area (Å²) in [6, 6.07) is 6.66. The van der Waals surface area contributed by atoms with E-state index in [-0.39, 0.29) is 34.6 Å². The molecule has 0 fully saturated rings. The number of esters is 1. The van der Waals surface area contributed by atoms with Crippen molar-refractivity contribution >= 4 is 11.6 Å². The number of carbonyl (C=O) groups is 1. The van der Waals surface area contributed by atoms with Gasteiger partial charge in [0, 0.05) is 22.9 Å². The van der Waals surface area contributed by atoms with E-state index in [0.717, 1.165) is 34.8 Å². The Labute approximate surface area is 195 Å². The van der Waals surface area contributed by atoms with Gasteiger partial charge in [0.05, 0.1) is 23.4 Å². The van der Waals surface area contributed by atoms with E-state index in [0.29, 0.717) is 18.2 Å². The Morgan fingerprint density at radius 1 is 1.09 bits per heavy atom. The van der Waals surface area contributed by atoms with Crippen LogP contribution in [0.25, 0.3) is 28.0 Å². The Morgan fingerprint density at radius 2 is 1.77 bits per heavy atom.